The van der Waals surface area contributed by atoms with E-state index < -0.39 is 14.9 Å². The molecule has 1 atom stereocenters. The molecule has 0 N–H and O–H groups in total. The average molecular weight is 432 g/mol. The molecule has 1 unspecified atom stereocenters. The van der Waals surface area contributed by atoms with Gasteiger partial charge < -0.3 is 9.64 Å². The second-order valence-corrected chi connectivity index (χ2v) is 9.54. The zero-order valence-corrected chi connectivity index (χ0v) is 17.5. The molecule has 2 saturated heterocycles. The number of nitrogens with zero attached hydrogens (tertiary/aromatic N) is 3. The van der Waals surface area contributed by atoms with E-state index in [4.69, 9.17) is 4.74 Å². The van der Waals surface area contributed by atoms with E-state index in [9.17, 15) is 18.5 Å². The van der Waals surface area contributed by atoms with Crippen molar-refractivity contribution in [1.29, 1.82) is 0 Å². The van der Waals surface area contributed by atoms with Crippen LogP contribution in [0.15, 0.2) is 53.4 Å². The number of sulfonamides is 1. The van der Waals surface area contributed by atoms with Crippen LogP contribution in [-0.4, -0.2) is 56.5 Å². The summed E-state index contributed by atoms with van der Waals surface area (Å²) in [5.74, 6) is 0. The van der Waals surface area contributed by atoms with E-state index in [1.165, 1.54) is 22.0 Å². The fourth-order valence-electron chi connectivity index (χ4n) is 4.24. The molecule has 4 rings (SSSR count). The van der Waals surface area contributed by atoms with Crippen molar-refractivity contribution >= 4 is 21.4 Å². The average Bonchev–Trinajstić information content (AvgIpc) is 3.22. The summed E-state index contributed by atoms with van der Waals surface area (Å²) < 4.78 is 32.4. The van der Waals surface area contributed by atoms with E-state index >= 15 is 0 Å². The second kappa shape index (κ2) is 8.71. The highest BCUT2D eigenvalue weighted by atomic mass is 32.2. The third-order valence-corrected chi connectivity index (χ3v) is 7.65. The van der Waals surface area contributed by atoms with Gasteiger partial charge in [-0.05, 0) is 37.0 Å². The van der Waals surface area contributed by atoms with Crippen LogP contribution >= 0.6 is 0 Å². The molecular formula is C21H25N3O5S. The van der Waals surface area contributed by atoms with Gasteiger partial charge in [0.15, 0.2) is 0 Å². The van der Waals surface area contributed by atoms with Gasteiger partial charge in [0, 0.05) is 31.7 Å². The van der Waals surface area contributed by atoms with Crippen molar-refractivity contribution in [2.45, 2.75) is 30.2 Å². The predicted molar refractivity (Wildman–Crippen MR) is 113 cm³/mol. The molecule has 9 heteroatoms. The van der Waals surface area contributed by atoms with Gasteiger partial charge in [-0.2, -0.15) is 4.31 Å². The molecule has 0 saturated carbocycles. The molecule has 2 aromatic rings. The number of nitro groups is 1. The van der Waals surface area contributed by atoms with E-state index in [0.717, 1.165) is 19.3 Å². The maximum atomic E-state index is 12.9. The molecule has 0 spiro atoms. The van der Waals surface area contributed by atoms with Crippen LogP contribution in [0.4, 0.5) is 11.4 Å². The number of nitro benzene ring substituents is 1. The molecule has 30 heavy (non-hydrogen) atoms. The maximum absolute atomic E-state index is 12.9. The van der Waals surface area contributed by atoms with Crippen molar-refractivity contribution in [3.8, 4) is 0 Å². The van der Waals surface area contributed by atoms with Crippen molar-refractivity contribution in [2.24, 2.45) is 0 Å². The molecule has 0 radical (unpaired) electrons. The van der Waals surface area contributed by atoms with E-state index in [2.05, 4.69) is 17.0 Å². The smallest absolute Gasteiger partial charge is 0.293 e. The van der Waals surface area contributed by atoms with Crippen LogP contribution in [0.2, 0.25) is 0 Å². The lowest BCUT2D eigenvalue weighted by Crippen LogP contribution is -2.40. The van der Waals surface area contributed by atoms with Gasteiger partial charge in [0.2, 0.25) is 10.0 Å². The maximum Gasteiger partial charge on any atom is 0.293 e. The zero-order valence-electron chi connectivity index (χ0n) is 16.6. The molecule has 0 amide bonds. The van der Waals surface area contributed by atoms with Gasteiger partial charge in [-0.15, -0.1) is 0 Å². The van der Waals surface area contributed by atoms with Crippen LogP contribution in [0, 0.1) is 10.1 Å². The number of rotatable bonds is 6. The summed E-state index contributed by atoms with van der Waals surface area (Å²) in [5, 5.41) is 11.8. The minimum atomic E-state index is -3.79. The van der Waals surface area contributed by atoms with Gasteiger partial charge in [-0.25, -0.2) is 8.42 Å². The highest BCUT2D eigenvalue weighted by Crippen LogP contribution is 2.36. The summed E-state index contributed by atoms with van der Waals surface area (Å²) in [7, 11) is -3.79. The van der Waals surface area contributed by atoms with Crippen LogP contribution in [0.5, 0.6) is 0 Å². The summed E-state index contributed by atoms with van der Waals surface area (Å²) in [6, 6.07) is 14.5. The minimum absolute atomic E-state index is 0.0429. The molecule has 2 heterocycles. The van der Waals surface area contributed by atoms with Gasteiger partial charge in [-0.3, -0.25) is 10.1 Å². The van der Waals surface area contributed by atoms with Crippen molar-refractivity contribution < 1.29 is 18.1 Å². The largest absolute Gasteiger partial charge is 0.379 e. The lowest BCUT2D eigenvalue weighted by molar-refractivity contribution is -0.384. The minimum Gasteiger partial charge on any atom is -0.379 e. The van der Waals surface area contributed by atoms with Gasteiger partial charge in [0.25, 0.3) is 5.69 Å². The Morgan fingerprint density at radius 2 is 1.80 bits per heavy atom. The highest BCUT2D eigenvalue weighted by Gasteiger charge is 2.33. The van der Waals surface area contributed by atoms with Crippen LogP contribution in [0.1, 0.15) is 18.4 Å². The lowest BCUT2D eigenvalue weighted by atomic mass is 10.0. The molecule has 0 aromatic heterocycles. The van der Waals surface area contributed by atoms with Crippen LogP contribution < -0.4 is 4.90 Å². The van der Waals surface area contributed by atoms with E-state index in [-0.39, 0.29) is 29.7 Å². The van der Waals surface area contributed by atoms with Crippen molar-refractivity contribution in [3.63, 3.8) is 0 Å². The third-order valence-electron chi connectivity index (χ3n) is 5.75. The molecular weight excluding hydrogens is 406 g/mol. The predicted octanol–water partition coefficient (Wildman–Crippen LogP) is 2.83. The second-order valence-electron chi connectivity index (χ2n) is 7.60. The first-order valence-electron chi connectivity index (χ1n) is 10.1. The fraction of sp³-hybridized carbons (Fsp3) is 0.429. The molecule has 2 aromatic carbocycles. The van der Waals surface area contributed by atoms with Crippen LogP contribution in [0.25, 0.3) is 0 Å². The normalized spacial score (nSPS) is 20.4. The van der Waals surface area contributed by atoms with Gasteiger partial charge in [-0.1, -0.05) is 30.3 Å². The standard InChI is InChI=1S/C21H25N3O5S/c25-24(26)21-16-19(30(27,28)22-11-13-29-14-12-22)8-9-20(21)23-10-4-7-18(23)15-17-5-2-1-3-6-17/h1-3,5-6,8-9,16,18H,4,7,10-15H2. The molecule has 2 aliphatic heterocycles. The highest BCUT2D eigenvalue weighted by molar-refractivity contribution is 7.89. The number of ether oxygens (including phenoxy) is 1. The molecule has 0 bridgehead atoms. The Hall–Kier alpha value is -2.49. The Balaban J connectivity index is 1.64. The van der Waals surface area contributed by atoms with Gasteiger partial charge >= 0.3 is 0 Å². The number of hydrogen-bond acceptors (Lipinski definition) is 6. The fourth-order valence-corrected chi connectivity index (χ4v) is 5.67. The number of hydrogen-bond donors (Lipinski definition) is 0. The van der Waals surface area contributed by atoms with Gasteiger partial charge in [0.1, 0.15) is 5.69 Å². The monoisotopic (exact) mass is 431 g/mol. The molecule has 8 nitrogen and oxygen atoms in total. The Labute approximate surface area is 176 Å². The van der Waals surface area contributed by atoms with Crippen molar-refractivity contribution in [3.05, 3.63) is 64.2 Å². The van der Waals surface area contributed by atoms with Gasteiger partial charge in [0.05, 0.1) is 23.0 Å². The van der Waals surface area contributed by atoms with Crippen LogP contribution in [-0.2, 0) is 21.2 Å². The summed E-state index contributed by atoms with van der Waals surface area (Å²) in [6.45, 7) is 1.88. The topological polar surface area (TPSA) is 93.0 Å². The Bertz CT molecular complexity index is 1010. The quantitative estimate of drug-likeness (QED) is 0.516. The third kappa shape index (κ3) is 4.19. The van der Waals surface area contributed by atoms with Crippen molar-refractivity contribution in [2.75, 3.05) is 37.7 Å². The first-order valence-corrected chi connectivity index (χ1v) is 11.6. The first kappa shape index (κ1) is 20.8. The first-order chi connectivity index (χ1) is 14.5. The van der Waals surface area contributed by atoms with Crippen LogP contribution in [0.3, 0.4) is 0 Å². The lowest BCUT2D eigenvalue weighted by Gasteiger charge is -2.28. The SMILES string of the molecule is O=[N+]([O-])c1cc(S(=O)(=O)N2CCOCC2)ccc1N1CCCC1Cc1ccccc1. The summed E-state index contributed by atoms with van der Waals surface area (Å²) in [4.78, 5) is 13.4. The van der Waals surface area contributed by atoms with E-state index in [1.807, 2.05) is 18.2 Å². The molecule has 2 fully saturated rings. The Morgan fingerprint density at radius 1 is 1.07 bits per heavy atom. The number of anilines is 1. The summed E-state index contributed by atoms with van der Waals surface area (Å²) in [5.41, 5.74) is 1.51. The molecule has 0 aliphatic carbocycles. The summed E-state index contributed by atoms with van der Waals surface area (Å²) in [6.07, 6.45) is 2.69. The summed E-state index contributed by atoms with van der Waals surface area (Å²) >= 11 is 0. The number of benzene rings is 2. The molecule has 160 valence electrons. The zero-order chi connectivity index (χ0) is 21.1. The Kier molecular flexibility index (Phi) is 6.03. The van der Waals surface area contributed by atoms with E-state index in [0.29, 0.717) is 25.4 Å². The number of morpholine rings is 1. The molecule has 2 aliphatic rings. The van der Waals surface area contributed by atoms with E-state index in [1.54, 1.807) is 6.07 Å². The van der Waals surface area contributed by atoms with Crippen molar-refractivity contribution in [1.82, 2.24) is 4.31 Å². The Morgan fingerprint density at radius 3 is 2.50 bits per heavy atom.